The van der Waals surface area contributed by atoms with Crippen molar-refractivity contribution >= 4 is 179 Å². The number of rotatable bonds is 24. The van der Waals surface area contributed by atoms with Gasteiger partial charge in [-0.3, -0.25) is 53.4 Å². The molecule has 1 N–H and O–H groups in total. The van der Waals surface area contributed by atoms with Crippen LogP contribution in [0.3, 0.4) is 0 Å². The molecule has 5 fully saturated rings. The van der Waals surface area contributed by atoms with Crippen LogP contribution in [0.4, 0.5) is 94.6 Å². The number of carbonyl (C=O) groups excluding carboxylic acids is 6. The molecule has 5 heterocycles. The molecule has 0 radical (unpaired) electrons. The van der Waals surface area contributed by atoms with Crippen molar-refractivity contribution in [3.63, 3.8) is 0 Å². The highest BCUT2D eigenvalue weighted by Gasteiger charge is 2.61. The first kappa shape index (κ1) is 96.9. The number of amides is 5. The fourth-order valence-corrected chi connectivity index (χ4v) is 18.4. The molecular weight excluding hydrogens is 1720 g/mol. The number of aliphatic imine (C=N–C) groups is 1. The van der Waals surface area contributed by atoms with Gasteiger partial charge in [0, 0.05) is 67.4 Å². The molecule has 1 spiro atoms. The maximum Gasteiger partial charge on any atom is 0.259 e. The number of hydrogen-bond donors (Lipinski definition) is 1. The molecule has 0 unspecified atom stereocenters. The Morgan fingerprint density at radius 3 is 1.22 bits per heavy atom. The van der Waals surface area contributed by atoms with Gasteiger partial charge in [-0.1, -0.05) is 74.9 Å². The Balaban J connectivity index is 0.000000167. The van der Waals surface area contributed by atoms with Crippen LogP contribution < -0.4 is 44.5 Å². The van der Waals surface area contributed by atoms with Crippen molar-refractivity contribution in [3.8, 4) is 0 Å². The van der Waals surface area contributed by atoms with E-state index in [4.69, 9.17) is 75.2 Å². The second-order valence-corrected chi connectivity index (χ2v) is 35.2. The molecule has 8 aromatic rings. The van der Waals surface area contributed by atoms with Crippen molar-refractivity contribution in [2.24, 2.45) is 4.99 Å². The summed E-state index contributed by atoms with van der Waals surface area (Å²) in [6.07, 6.45) is 15.8. The lowest BCUT2D eigenvalue weighted by Gasteiger charge is -2.43. The number of hydrogen-bond acceptors (Lipinski definition) is 11. The van der Waals surface area contributed by atoms with Gasteiger partial charge in [0.15, 0.2) is 43.2 Å². The average molecular weight is 1820 g/mol. The molecule has 5 amide bonds. The third kappa shape index (κ3) is 19.4. The maximum absolute atomic E-state index is 15.2. The van der Waals surface area contributed by atoms with Gasteiger partial charge in [-0.25, -0.2) is 45.7 Å². The molecule has 0 bridgehead atoms. The molecule has 8 aromatic carbocycles. The number of anilines is 8. The van der Waals surface area contributed by atoms with E-state index in [1.807, 2.05) is 61.5 Å². The largest absolute Gasteiger partial charge is 0.359 e. The predicted molar refractivity (Wildman–Crippen MR) is 512 cm³/mol. The SMILES string of the molecule is [C-]#[N+]c1cc(F)c(N2C(=O)C(C)(C)N(c3ccc(CCCC(=O)NC)cc3)C2=S)cc1C.[C-]#[N+]c1cc(F)c(N2C(=O)C(C)(C)N(c3ccc(CCCC4=NC=CC4)c(F)c3)C2=S)cc1C.[C-]#[N+]c1ccc(N2C(=O)C(C)(C)N(c3ccc(CCCC)cc3)C2=S)c(F)c1C.[C-]#[N+]c1ccc(N2C(=O)C3(CCC3)N(c3ccc(CCCC(=O)CC)c(F)c3)C2=S)c(F)c1C. The smallest absolute Gasteiger partial charge is 0.259 e. The quantitative estimate of drug-likeness (QED) is 0.0344. The number of Topliss-reactive ketones (excluding diaryl/α,β-unsaturated/α-hetero) is 1. The summed E-state index contributed by atoms with van der Waals surface area (Å²) in [4.78, 5) is 105. The maximum atomic E-state index is 15.2. The first-order valence-corrected chi connectivity index (χ1v) is 44.0. The number of unbranched alkanes of at least 4 members (excludes halogenated alkanes) is 1. The third-order valence-corrected chi connectivity index (χ3v) is 25.6. The highest BCUT2D eigenvalue weighted by atomic mass is 32.1. The van der Waals surface area contributed by atoms with Crippen molar-refractivity contribution in [2.45, 2.75) is 214 Å². The number of nitrogens with zero attached hydrogens (tertiary/aromatic N) is 13. The molecule has 5 aliphatic heterocycles. The number of nitrogens with one attached hydrogen (secondary N) is 1. The molecule has 4 saturated heterocycles. The number of benzene rings is 8. The van der Waals surface area contributed by atoms with Crippen molar-refractivity contribution < 1.29 is 55.1 Å². The van der Waals surface area contributed by atoms with Crippen molar-refractivity contribution in [1.29, 1.82) is 0 Å². The zero-order valence-electron chi connectivity index (χ0n) is 74.0. The summed E-state index contributed by atoms with van der Waals surface area (Å²) in [5.74, 6) is -4.68. The van der Waals surface area contributed by atoms with E-state index < -0.39 is 57.1 Å². The minimum absolute atomic E-state index is 0.00589. The Morgan fingerprint density at radius 2 is 0.829 bits per heavy atom. The lowest BCUT2D eigenvalue weighted by Crippen LogP contribution is -2.55. The minimum atomic E-state index is -1.16. The molecular formula is C99H98F6N14O6S4. The van der Waals surface area contributed by atoms with Gasteiger partial charge in [0.05, 0.1) is 49.0 Å². The second-order valence-electron chi connectivity index (χ2n) is 33.7. The number of aryl methyl sites for hydroxylation is 6. The zero-order chi connectivity index (χ0) is 94.2. The normalized spacial score (nSPS) is 16.1. The van der Waals surface area contributed by atoms with E-state index in [0.29, 0.717) is 85.0 Å². The highest BCUT2D eigenvalue weighted by molar-refractivity contribution is 7.81. The summed E-state index contributed by atoms with van der Waals surface area (Å²) >= 11 is 22.5. The van der Waals surface area contributed by atoms with E-state index in [1.54, 1.807) is 113 Å². The first-order chi connectivity index (χ1) is 61.2. The van der Waals surface area contributed by atoms with E-state index in [9.17, 15) is 46.3 Å². The van der Waals surface area contributed by atoms with Crippen molar-refractivity contribution in [3.05, 3.63) is 271 Å². The molecule has 20 nitrogen and oxygen atoms in total. The summed E-state index contributed by atoms with van der Waals surface area (Å²) in [5.41, 5.74) is 5.15. The van der Waals surface area contributed by atoms with E-state index in [-0.39, 0.29) is 112 Å². The molecule has 6 aliphatic rings. The summed E-state index contributed by atoms with van der Waals surface area (Å²) in [6.45, 7) is 49.4. The average Bonchev–Trinajstić information content (AvgIpc) is 1.55. The standard InChI is InChI=1S/C26H24F2N4OS.C26H25F2N3O2S.C24H25FN4O2S.C23H24FN3OS/c1-16-13-23(21(28)15-22(16)29-4)31-24(33)26(2,3)32(25(31)34)19-11-10-17(20(27)14-19)7-5-8-18-9-6-12-30-18;1-4-19(32)8-5-7-17-9-10-18(15-20(17)27)31-25(34)30(24(33)26(31)13-6-14-26)22-12-11-21(29-3)16(2)23(22)28;1-15-13-20(18(25)14-19(15)26-4)28-22(31)24(2,3)29(23(28)32)17-11-9-16(10-12-17)7-6-8-21(30)27-5;1-6-7-8-16-9-11-17(12-10-16)27-22(29)26(21(28)23(27,3)4)19-14-13-18(25-5)15(2)20(19)24/h6,10-15H,5,7-9H2,1-3H3;9-12,15H,4-8,13-14H2,1-2H3;9-14H,6-8H2,1-3,5H3,(H,27,30);9-14H,6-8H2,1-4H3. The van der Waals surface area contributed by atoms with Gasteiger partial charge in [0.1, 0.15) is 62.8 Å². The lowest BCUT2D eigenvalue weighted by molar-refractivity contribution is -0.124. The minimum Gasteiger partial charge on any atom is -0.359 e. The van der Waals surface area contributed by atoms with Gasteiger partial charge < -0.3 is 24.9 Å². The van der Waals surface area contributed by atoms with E-state index >= 15 is 8.78 Å². The van der Waals surface area contributed by atoms with Crippen LogP contribution in [0, 0.1) is 88.9 Å². The molecule has 129 heavy (non-hydrogen) atoms. The highest BCUT2D eigenvalue weighted by Crippen LogP contribution is 2.50. The summed E-state index contributed by atoms with van der Waals surface area (Å²) in [6, 6.07) is 36.3. The Kier molecular flexibility index (Phi) is 30.3. The Hall–Kier alpha value is -12.7. The van der Waals surface area contributed by atoms with Gasteiger partial charge in [0.25, 0.3) is 23.6 Å². The Labute approximate surface area is 770 Å². The number of ketones is 1. The topological polar surface area (TPSA) is 170 Å². The number of carbonyl (C=O) groups is 6. The van der Waals surface area contributed by atoms with Gasteiger partial charge in [-0.05, 0) is 325 Å². The third-order valence-electron chi connectivity index (χ3n) is 24.1. The second kappa shape index (κ2) is 40.3. The molecule has 0 atom stereocenters. The van der Waals surface area contributed by atoms with E-state index in [0.717, 1.165) is 97.5 Å². The van der Waals surface area contributed by atoms with Crippen LogP contribution in [0.2, 0.25) is 0 Å². The van der Waals surface area contributed by atoms with E-state index in [1.165, 1.54) is 82.6 Å². The number of allylic oxidation sites excluding steroid dienone is 1. The van der Waals surface area contributed by atoms with Crippen LogP contribution in [0.25, 0.3) is 19.4 Å². The molecule has 666 valence electrons. The molecule has 1 aliphatic carbocycles. The Morgan fingerprint density at radius 1 is 0.442 bits per heavy atom. The lowest BCUT2D eigenvalue weighted by atomic mass is 9.75. The van der Waals surface area contributed by atoms with Crippen LogP contribution in [0.15, 0.2) is 151 Å². The number of halogens is 6. The van der Waals surface area contributed by atoms with Crippen molar-refractivity contribution in [1.82, 2.24) is 5.32 Å². The predicted octanol–water partition coefficient (Wildman–Crippen LogP) is 23.2. The van der Waals surface area contributed by atoms with Gasteiger partial charge >= 0.3 is 0 Å². The number of thiocarbonyl (C=S) groups is 4. The van der Waals surface area contributed by atoms with Crippen LogP contribution in [-0.4, -0.2) is 90.7 Å². The van der Waals surface area contributed by atoms with Crippen LogP contribution in [0.1, 0.15) is 183 Å². The summed E-state index contributed by atoms with van der Waals surface area (Å²) in [5, 5.41) is 3.18. The van der Waals surface area contributed by atoms with Crippen LogP contribution in [0.5, 0.6) is 0 Å². The van der Waals surface area contributed by atoms with Crippen molar-refractivity contribution in [2.75, 3.05) is 46.2 Å². The van der Waals surface area contributed by atoms with E-state index in [2.05, 4.69) is 36.6 Å². The molecule has 0 aromatic heterocycles. The van der Waals surface area contributed by atoms with Gasteiger partial charge in [-0.2, -0.15) is 0 Å². The zero-order valence-corrected chi connectivity index (χ0v) is 77.3. The van der Waals surface area contributed by atoms with Crippen LogP contribution >= 0.6 is 48.9 Å². The molecule has 30 heteroatoms. The van der Waals surface area contributed by atoms with Gasteiger partial charge in [0.2, 0.25) is 5.91 Å². The van der Waals surface area contributed by atoms with Crippen LogP contribution in [-0.2, 0) is 54.5 Å². The molecule has 14 rings (SSSR count). The molecule has 1 saturated carbocycles. The van der Waals surface area contributed by atoms with Gasteiger partial charge in [-0.15, -0.1) is 0 Å². The first-order valence-electron chi connectivity index (χ1n) is 42.4. The summed E-state index contributed by atoms with van der Waals surface area (Å²) < 4.78 is 89.8. The fourth-order valence-electron chi connectivity index (χ4n) is 16.4. The monoisotopic (exact) mass is 1820 g/mol. The fraction of sp³-hybridized carbons (Fsp3) is 0.343. The Bertz CT molecular complexity index is 6120. The summed E-state index contributed by atoms with van der Waals surface area (Å²) in [7, 11) is 1.62.